The first-order valence-corrected chi connectivity index (χ1v) is 9.25. The summed E-state index contributed by atoms with van der Waals surface area (Å²) >= 11 is 0. The third-order valence-corrected chi connectivity index (χ3v) is 4.67. The summed E-state index contributed by atoms with van der Waals surface area (Å²) in [6.07, 6.45) is 2.06. The van der Waals surface area contributed by atoms with Crippen LogP contribution in [0.15, 0.2) is 60.7 Å². The molecule has 2 aromatic carbocycles. The van der Waals surface area contributed by atoms with E-state index >= 15 is 0 Å². The van der Waals surface area contributed by atoms with Crippen molar-refractivity contribution in [1.82, 2.24) is 9.88 Å². The predicted octanol–water partition coefficient (Wildman–Crippen LogP) is 5.29. The van der Waals surface area contributed by atoms with E-state index in [0.29, 0.717) is 6.54 Å². The number of nitrogens with zero attached hydrogens (tertiary/aromatic N) is 1. The van der Waals surface area contributed by atoms with Crippen molar-refractivity contribution in [2.24, 2.45) is 0 Å². The lowest BCUT2D eigenvalue weighted by atomic mass is 10.1. The Bertz CT molecular complexity index is 877. The molecule has 3 rings (SSSR count). The number of benzene rings is 2. The van der Waals surface area contributed by atoms with Gasteiger partial charge in [0, 0.05) is 17.9 Å². The minimum Gasteiger partial charge on any atom is -0.352 e. The first kappa shape index (κ1) is 18.0. The van der Waals surface area contributed by atoms with Gasteiger partial charge in [-0.15, -0.1) is 0 Å². The van der Waals surface area contributed by atoms with Gasteiger partial charge in [-0.1, -0.05) is 61.4 Å². The Labute approximate surface area is 155 Å². The van der Waals surface area contributed by atoms with Crippen LogP contribution in [0.25, 0.3) is 16.9 Å². The number of amides is 1. The van der Waals surface area contributed by atoms with Gasteiger partial charge in [0.25, 0.3) is 5.91 Å². The average Bonchev–Trinajstić information content (AvgIpc) is 3.01. The van der Waals surface area contributed by atoms with Crippen molar-refractivity contribution in [3.63, 3.8) is 0 Å². The van der Waals surface area contributed by atoms with E-state index in [0.717, 1.165) is 41.0 Å². The summed E-state index contributed by atoms with van der Waals surface area (Å²) in [4.78, 5) is 12.7. The van der Waals surface area contributed by atoms with E-state index in [9.17, 15) is 4.79 Å². The molecule has 0 aliphatic carbocycles. The maximum Gasteiger partial charge on any atom is 0.253 e. The molecule has 0 radical (unpaired) electrons. The summed E-state index contributed by atoms with van der Waals surface area (Å²) in [6.45, 7) is 6.93. The molecule has 0 bridgehead atoms. The summed E-state index contributed by atoms with van der Waals surface area (Å²) in [7, 11) is 0. The molecule has 1 heterocycles. The van der Waals surface area contributed by atoms with Crippen LogP contribution >= 0.6 is 0 Å². The van der Waals surface area contributed by atoms with Gasteiger partial charge in [-0.3, -0.25) is 4.79 Å². The van der Waals surface area contributed by atoms with Crippen molar-refractivity contribution in [2.75, 3.05) is 6.54 Å². The van der Waals surface area contributed by atoms with Crippen LogP contribution in [0, 0.1) is 13.8 Å². The zero-order valence-corrected chi connectivity index (χ0v) is 15.8. The van der Waals surface area contributed by atoms with Crippen molar-refractivity contribution >= 4 is 5.91 Å². The quantitative estimate of drug-likeness (QED) is 0.605. The van der Waals surface area contributed by atoms with Gasteiger partial charge < -0.3 is 9.88 Å². The van der Waals surface area contributed by atoms with Crippen LogP contribution in [0.4, 0.5) is 0 Å². The summed E-state index contributed by atoms with van der Waals surface area (Å²) in [6, 6.07) is 20.6. The molecular weight excluding hydrogens is 320 g/mol. The minimum absolute atomic E-state index is 0.000933. The van der Waals surface area contributed by atoms with Gasteiger partial charge in [0.1, 0.15) is 0 Å². The highest BCUT2D eigenvalue weighted by Gasteiger charge is 2.19. The molecule has 0 aliphatic heterocycles. The number of aromatic nitrogens is 1. The Balaban J connectivity index is 2.08. The van der Waals surface area contributed by atoms with E-state index < -0.39 is 0 Å². The minimum atomic E-state index is -0.000933. The zero-order chi connectivity index (χ0) is 18.5. The Kier molecular flexibility index (Phi) is 5.57. The zero-order valence-electron chi connectivity index (χ0n) is 15.8. The first-order valence-electron chi connectivity index (χ1n) is 9.25. The summed E-state index contributed by atoms with van der Waals surface area (Å²) in [5, 5.41) is 3.04. The molecule has 3 heteroatoms. The number of hydrogen-bond acceptors (Lipinski definition) is 1. The Morgan fingerprint density at radius 2 is 1.69 bits per heavy atom. The van der Waals surface area contributed by atoms with E-state index in [1.807, 2.05) is 31.2 Å². The Morgan fingerprint density at radius 3 is 2.35 bits per heavy atom. The molecule has 0 spiro atoms. The number of carbonyl (C=O) groups excluding carboxylic acids is 1. The molecule has 0 aliphatic rings. The van der Waals surface area contributed by atoms with Crippen LogP contribution < -0.4 is 5.32 Å². The van der Waals surface area contributed by atoms with Crippen LogP contribution in [-0.2, 0) is 0 Å². The summed E-state index contributed by atoms with van der Waals surface area (Å²) in [5.41, 5.74) is 6.12. The number of unbranched alkanes of at least 4 members (excludes halogenated alkanes) is 1. The van der Waals surface area contributed by atoms with Crippen LogP contribution in [0.5, 0.6) is 0 Å². The second kappa shape index (κ2) is 8.05. The molecule has 1 aromatic heterocycles. The third-order valence-electron chi connectivity index (χ3n) is 4.67. The topological polar surface area (TPSA) is 34.0 Å². The fraction of sp³-hybridized carbons (Fsp3) is 0.261. The second-order valence-corrected chi connectivity index (χ2v) is 6.68. The highest BCUT2D eigenvalue weighted by molar-refractivity contribution is 5.97. The van der Waals surface area contributed by atoms with E-state index in [1.165, 1.54) is 5.56 Å². The van der Waals surface area contributed by atoms with Crippen molar-refractivity contribution in [2.45, 2.75) is 33.6 Å². The molecule has 1 N–H and O–H groups in total. The molecule has 0 saturated carbocycles. The summed E-state index contributed by atoms with van der Waals surface area (Å²) < 4.78 is 2.17. The molecule has 0 unspecified atom stereocenters. The largest absolute Gasteiger partial charge is 0.352 e. The van der Waals surface area contributed by atoms with Gasteiger partial charge >= 0.3 is 0 Å². The lowest BCUT2D eigenvalue weighted by Crippen LogP contribution is -2.24. The van der Waals surface area contributed by atoms with Crippen molar-refractivity contribution in [1.29, 1.82) is 0 Å². The summed E-state index contributed by atoms with van der Waals surface area (Å²) in [5.74, 6) is -0.000933. The third kappa shape index (κ3) is 3.72. The van der Waals surface area contributed by atoms with E-state index in [1.54, 1.807) is 0 Å². The van der Waals surface area contributed by atoms with Crippen LogP contribution in [0.1, 0.15) is 41.4 Å². The highest BCUT2D eigenvalue weighted by atomic mass is 16.1. The van der Waals surface area contributed by atoms with Gasteiger partial charge in [-0.05, 0) is 44.0 Å². The van der Waals surface area contributed by atoms with Crippen LogP contribution in [-0.4, -0.2) is 17.0 Å². The van der Waals surface area contributed by atoms with Crippen LogP contribution in [0.2, 0.25) is 0 Å². The molecule has 134 valence electrons. The van der Waals surface area contributed by atoms with Gasteiger partial charge in [-0.25, -0.2) is 0 Å². The molecule has 26 heavy (non-hydrogen) atoms. The van der Waals surface area contributed by atoms with E-state index in [2.05, 4.69) is 60.1 Å². The van der Waals surface area contributed by atoms with Crippen molar-refractivity contribution in [3.8, 4) is 16.9 Å². The molecular formula is C23H26N2O. The van der Waals surface area contributed by atoms with Crippen LogP contribution in [0.3, 0.4) is 0 Å². The number of rotatable bonds is 6. The van der Waals surface area contributed by atoms with E-state index in [-0.39, 0.29) is 5.91 Å². The molecule has 1 amide bonds. The second-order valence-electron chi connectivity index (χ2n) is 6.68. The number of carbonyl (C=O) groups is 1. The fourth-order valence-corrected chi connectivity index (χ4v) is 3.16. The van der Waals surface area contributed by atoms with Gasteiger partial charge in [0.15, 0.2) is 0 Å². The first-order chi connectivity index (χ1) is 12.6. The molecule has 3 aromatic rings. The lowest BCUT2D eigenvalue weighted by Gasteiger charge is -2.13. The van der Waals surface area contributed by atoms with Gasteiger partial charge in [-0.2, -0.15) is 0 Å². The fourth-order valence-electron chi connectivity index (χ4n) is 3.16. The molecule has 0 fully saturated rings. The monoisotopic (exact) mass is 346 g/mol. The normalized spacial score (nSPS) is 10.7. The van der Waals surface area contributed by atoms with Gasteiger partial charge in [0.2, 0.25) is 0 Å². The maximum absolute atomic E-state index is 12.7. The predicted molar refractivity (Wildman–Crippen MR) is 108 cm³/mol. The van der Waals surface area contributed by atoms with Crippen molar-refractivity contribution < 1.29 is 4.79 Å². The van der Waals surface area contributed by atoms with Crippen molar-refractivity contribution in [3.05, 3.63) is 77.5 Å². The molecule has 0 atom stereocenters. The molecule has 0 saturated heterocycles. The number of nitrogens with one attached hydrogen (secondary N) is 1. The highest BCUT2D eigenvalue weighted by Crippen LogP contribution is 2.29. The Morgan fingerprint density at radius 1 is 1.00 bits per heavy atom. The molecule has 3 nitrogen and oxygen atoms in total. The Hall–Kier alpha value is -2.81. The average molecular weight is 346 g/mol. The van der Waals surface area contributed by atoms with Gasteiger partial charge in [0.05, 0.1) is 11.3 Å². The SMILES string of the molecule is CCCCNC(=O)c1cc(-c2ccccc2)n(-c2ccc(C)cc2)c1C. The maximum atomic E-state index is 12.7. The number of aryl methyl sites for hydroxylation is 1. The van der Waals surface area contributed by atoms with E-state index in [4.69, 9.17) is 0 Å². The number of hydrogen-bond donors (Lipinski definition) is 1. The smallest absolute Gasteiger partial charge is 0.253 e. The standard InChI is InChI=1S/C23H26N2O/c1-4-5-15-24-23(26)21-16-22(19-9-7-6-8-10-19)25(18(21)3)20-13-11-17(2)12-14-20/h6-14,16H,4-5,15H2,1-3H3,(H,24,26). The lowest BCUT2D eigenvalue weighted by molar-refractivity contribution is 0.0952.